The highest BCUT2D eigenvalue weighted by atomic mass is 79.9. The summed E-state index contributed by atoms with van der Waals surface area (Å²) >= 11 is 11.7. The Labute approximate surface area is 189 Å². The summed E-state index contributed by atoms with van der Waals surface area (Å²) < 4.78 is 19.9. The molecular weight excluding hydrogens is 529 g/mol. The van der Waals surface area contributed by atoms with Crippen LogP contribution in [0.5, 0.6) is 5.75 Å². The molecule has 0 aliphatic rings. The molecule has 10 heteroatoms. The van der Waals surface area contributed by atoms with Crippen molar-refractivity contribution in [3.05, 3.63) is 68.4 Å². The highest BCUT2D eigenvalue weighted by molar-refractivity contribution is 9.11. The predicted octanol–water partition coefficient (Wildman–Crippen LogP) is 3.77. The Morgan fingerprint density at radius 1 is 1.17 bits per heavy atom. The lowest BCUT2D eigenvalue weighted by atomic mass is 10.2. The number of hydrogen-bond donors (Lipinski definition) is 3. The van der Waals surface area contributed by atoms with Gasteiger partial charge in [0.25, 0.3) is 5.91 Å². The average molecular weight is 545 g/mol. The maximum atomic E-state index is 12.8. The van der Waals surface area contributed by atoms with Gasteiger partial charge in [0.05, 0.1) is 4.47 Å². The van der Waals surface area contributed by atoms with Gasteiger partial charge in [-0.15, -0.1) is 0 Å². The van der Waals surface area contributed by atoms with Crippen molar-refractivity contribution in [1.82, 2.24) is 16.2 Å². The molecule has 6 nitrogen and oxygen atoms in total. The van der Waals surface area contributed by atoms with Gasteiger partial charge in [-0.3, -0.25) is 25.8 Å². The minimum atomic E-state index is -0.508. The summed E-state index contributed by atoms with van der Waals surface area (Å²) in [4.78, 5) is 23.7. The lowest BCUT2D eigenvalue weighted by Gasteiger charge is -2.13. The maximum absolute atomic E-state index is 12.8. The van der Waals surface area contributed by atoms with E-state index in [4.69, 9.17) is 17.0 Å². The average Bonchev–Trinajstić information content (AvgIpc) is 2.65. The molecule has 0 aliphatic heterocycles. The molecule has 0 bridgehead atoms. The molecule has 2 aromatic carbocycles. The second kappa shape index (κ2) is 11.0. The number of carbonyl (C=O) groups is 2. The smallest absolute Gasteiger partial charge is 0.276 e. The van der Waals surface area contributed by atoms with Crippen LogP contribution in [0, 0.1) is 12.7 Å². The van der Waals surface area contributed by atoms with Crippen molar-refractivity contribution in [2.45, 2.75) is 6.92 Å². The zero-order valence-corrected chi connectivity index (χ0v) is 19.1. The van der Waals surface area contributed by atoms with E-state index in [2.05, 4.69) is 48.0 Å². The van der Waals surface area contributed by atoms with E-state index in [1.165, 1.54) is 36.4 Å². The normalized spacial score (nSPS) is 10.5. The van der Waals surface area contributed by atoms with E-state index in [9.17, 15) is 14.0 Å². The first-order valence-corrected chi connectivity index (χ1v) is 10.2. The summed E-state index contributed by atoms with van der Waals surface area (Å²) in [6.07, 6.45) is 2.74. The van der Waals surface area contributed by atoms with Crippen molar-refractivity contribution < 1.29 is 18.7 Å². The molecule has 0 heterocycles. The van der Waals surface area contributed by atoms with Gasteiger partial charge in [-0.05, 0) is 76.5 Å². The van der Waals surface area contributed by atoms with Gasteiger partial charge in [-0.25, -0.2) is 4.39 Å². The SMILES string of the molecule is Cc1cc(Br)cc(Br)c1OCC(=O)NNC(=S)NC(=O)/C=C/c1ccc(F)cc1. The van der Waals surface area contributed by atoms with Crippen LogP contribution in [0.1, 0.15) is 11.1 Å². The van der Waals surface area contributed by atoms with Crippen LogP contribution in [0.4, 0.5) is 4.39 Å². The standard InChI is InChI=1S/C19H16Br2FN3O3S/c1-11-8-13(20)9-15(21)18(11)28-10-17(27)24-25-19(29)23-16(26)7-4-12-2-5-14(22)6-3-12/h2-9H,10H2,1H3,(H,24,27)(H2,23,25,26,29)/b7-4+. The van der Waals surface area contributed by atoms with Crippen LogP contribution in [0.2, 0.25) is 0 Å². The summed E-state index contributed by atoms with van der Waals surface area (Å²) in [5, 5.41) is 2.28. The molecule has 2 amide bonds. The van der Waals surface area contributed by atoms with E-state index in [0.29, 0.717) is 15.8 Å². The van der Waals surface area contributed by atoms with Crippen LogP contribution < -0.4 is 20.9 Å². The molecule has 0 saturated heterocycles. The van der Waals surface area contributed by atoms with Crippen LogP contribution in [-0.4, -0.2) is 23.5 Å². The Balaban J connectivity index is 1.75. The monoisotopic (exact) mass is 543 g/mol. The zero-order chi connectivity index (χ0) is 21.4. The Morgan fingerprint density at radius 3 is 2.52 bits per heavy atom. The van der Waals surface area contributed by atoms with Gasteiger partial charge >= 0.3 is 0 Å². The van der Waals surface area contributed by atoms with Gasteiger partial charge in [-0.2, -0.15) is 0 Å². The minimum Gasteiger partial charge on any atom is -0.482 e. The maximum Gasteiger partial charge on any atom is 0.276 e. The number of benzene rings is 2. The molecule has 0 aromatic heterocycles. The predicted molar refractivity (Wildman–Crippen MR) is 120 cm³/mol. The molecule has 29 heavy (non-hydrogen) atoms. The second-order valence-corrected chi connectivity index (χ2v) is 7.88. The van der Waals surface area contributed by atoms with Crippen LogP contribution in [-0.2, 0) is 9.59 Å². The molecule has 0 unspecified atom stereocenters. The first-order valence-electron chi connectivity index (χ1n) is 8.16. The van der Waals surface area contributed by atoms with E-state index < -0.39 is 11.8 Å². The zero-order valence-electron chi connectivity index (χ0n) is 15.1. The van der Waals surface area contributed by atoms with Crippen molar-refractivity contribution in [3.8, 4) is 5.75 Å². The number of hydrogen-bond acceptors (Lipinski definition) is 4. The van der Waals surface area contributed by atoms with Crippen LogP contribution in [0.15, 0.2) is 51.4 Å². The molecule has 0 spiro atoms. The van der Waals surface area contributed by atoms with E-state index in [1.54, 1.807) is 0 Å². The van der Waals surface area contributed by atoms with Crippen LogP contribution in [0.25, 0.3) is 6.08 Å². The molecule has 0 radical (unpaired) electrons. The number of rotatable bonds is 5. The summed E-state index contributed by atoms with van der Waals surface area (Å²) in [6.45, 7) is 1.60. The highest BCUT2D eigenvalue weighted by Gasteiger charge is 2.10. The summed E-state index contributed by atoms with van der Waals surface area (Å²) in [5.41, 5.74) is 6.24. The highest BCUT2D eigenvalue weighted by Crippen LogP contribution is 2.32. The van der Waals surface area contributed by atoms with E-state index >= 15 is 0 Å². The van der Waals surface area contributed by atoms with E-state index in [-0.39, 0.29) is 17.5 Å². The van der Waals surface area contributed by atoms with Crippen LogP contribution in [0.3, 0.4) is 0 Å². The fraction of sp³-hybridized carbons (Fsp3) is 0.105. The number of halogens is 3. The first-order chi connectivity index (χ1) is 13.7. The van der Waals surface area contributed by atoms with Crippen molar-refractivity contribution in [2.75, 3.05) is 6.61 Å². The number of hydrazine groups is 1. The molecular formula is C19H16Br2FN3O3S. The van der Waals surface area contributed by atoms with Gasteiger partial charge in [0.2, 0.25) is 5.91 Å². The van der Waals surface area contributed by atoms with Gasteiger partial charge in [0.15, 0.2) is 11.7 Å². The molecule has 152 valence electrons. The number of carbonyl (C=O) groups excluding carboxylic acids is 2. The summed E-state index contributed by atoms with van der Waals surface area (Å²) in [5.74, 6) is -0.811. The Kier molecular flexibility index (Phi) is 8.74. The molecule has 0 aliphatic carbocycles. The third-order valence-electron chi connectivity index (χ3n) is 3.39. The number of nitrogens with one attached hydrogen (secondary N) is 3. The number of amides is 2. The summed E-state index contributed by atoms with van der Waals surface area (Å²) in [6, 6.07) is 9.30. The van der Waals surface area contributed by atoms with Crippen molar-refractivity contribution in [2.24, 2.45) is 0 Å². The molecule has 2 aromatic rings. The van der Waals surface area contributed by atoms with E-state index in [1.807, 2.05) is 19.1 Å². The second-order valence-electron chi connectivity index (χ2n) is 5.70. The minimum absolute atomic E-state index is 0.0897. The van der Waals surface area contributed by atoms with Gasteiger partial charge in [-0.1, -0.05) is 28.1 Å². The molecule has 2 rings (SSSR count). The molecule has 3 N–H and O–H groups in total. The molecule has 0 saturated carbocycles. The van der Waals surface area contributed by atoms with Gasteiger partial charge < -0.3 is 4.74 Å². The molecule has 0 atom stereocenters. The largest absolute Gasteiger partial charge is 0.482 e. The van der Waals surface area contributed by atoms with Gasteiger partial charge in [0, 0.05) is 10.5 Å². The topological polar surface area (TPSA) is 79.5 Å². The van der Waals surface area contributed by atoms with Gasteiger partial charge in [0.1, 0.15) is 11.6 Å². The van der Waals surface area contributed by atoms with Crippen molar-refractivity contribution in [1.29, 1.82) is 0 Å². The quantitative estimate of drug-likeness (QED) is 0.303. The van der Waals surface area contributed by atoms with Crippen LogP contribution >= 0.6 is 44.1 Å². The fourth-order valence-electron chi connectivity index (χ4n) is 2.10. The van der Waals surface area contributed by atoms with E-state index in [0.717, 1.165) is 10.0 Å². The lowest BCUT2D eigenvalue weighted by molar-refractivity contribution is -0.123. The summed E-state index contributed by atoms with van der Waals surface area (Å²) in [7, 11) is 0. The Hall–Kier alpha value is -2.30. The fourth-order valence-corrected chi connectivity index (χ4v) is 3.81. The first kappa shape index (κ1) is 23.0. The third kappa shape index (κ3) is 7.92. The number of ether oxygens (including phenoxy) is 1. The lowest BCUT2D eigenvalue weighted by Crippen LogP contribution is -2.49. The molecule has 0 fully saturated rings. The number of aryl methyl sites for hydroxylation is 1. The Bertz CT molecular complexity index is 929. The Morgan fingerprint density at radius 2 is 1.86 bits per heavy atom. The number of thiocarbonyl (C=S) groups is 1. The van der Waals surface area contributed by atoms with Crippen molar-refractivity contribution >= 4 is 67.1 Å². The third-order valence-corrected chi connectivity index (χ3v) is 4.64. The van der Waals surface area contributed by atoms with Crippen molar-refractivity contribution in [3.63, 3.8) is 0 Å².